The van der Waals surface area contributed by atoms with Gasteiger partial charge in [-0.3, -0.25) is 4.79 Å². The number of amides is 1. The monoisotopic (exact) mass is 285 g/mol. The van der Waals surface area contributed by atoms with Crippen molar-refractivity contribution in [3.05, 3.63) is 53.8 Å². The Hall–Kier alpha value is -2.56. The lowest BCUT2D eigenvalue weighted by molar-refractivity contribution is -0.115. The van der Waals surface area contributed by atoms with Crippen LogP contribution in [-0.2, 0) is 11.2 Å². The molecule has 108 valence electrons. The number of rotatable bonds is 3. The molecule has 1 aliphatic heterocycles. The van der Waals surface area contributed by atoms with Gasteiger partial charge in [-0.1, -0.05) is 12.1 Å². The number of benzene rings is 2. The second-order valence-corrected chi connectivity index (χ2v) is 5.08. The van der Waals surface area contributed by atoms with Gasteiger partial charge in [0.2, 0.25) is 5.91 Å². The Morgan fingerprint density at radius 3 is 2.76 bits per heavy atom. The highest BCUT2D eigenvalue weighted by Gasteiger charge is 2.23. The Kier molecular flexibility index (Phi) is 3.48. The van der Waals surface area contributed by atoms with E-state index < -0.39 is 0 Å². The first-order chi connectivity index (χ1) is 10.1. The van der Waals surface area contributed by atoms with Gasteiger partial charge in [-0.05, 0) is 42.3 Å². The number of nitrogens with zero attached hydrogens (tertiary/aromatic N) is 1. The zero-order valence-corrected chi connectivity index (χ0v) is 11.5. The fourth-order valence-corrected chi connectivity index (χ4v) is 2.63. The number of fused-ring (bicyclic) bond motifs is 1. The maximum absolute atomic E-state index is 12.8. The molecule has 21 heavy (non-hydrogen) atoms. The zero-order chi connectivity index (χ0) is 14.8. The number of halogens is 1. The number of hydrogen-bond acceptors (Lipinski definition) is 3. The van der Waals surface area contributed by atoms with E-state index >= 15 is 0 Å². The summed E-state index contributed by atoms with van der Waals surface area (Å²) in [4.78, 5) is 14.1. The first-order valence-electron chi connectivity index (χ1n) is 6.81. The third-order valence-electron chi connectivity index (χ3n) is 3.58. The highest BCUT2D eigenvalue weighted by Crippen LogP contribution is 2.33. The van der Waals surface area contributed by atoms with Crippen LogP contribution in [0.5, 0.6) is 0 Å². The Balaban J connectivity index is 1.68. The summed E-state index contributed by atoms with van der Waals surface area (Å²) in [7, 11) is 0. The van der Waals surface area contributed by atoms with E-state index in [1.54, 1.807) is 12.1 Å². The van der Waals surface area contributed by atoms with Crippen molar-refractivity contribution in [3.63, 3.8) is 0 Å². The van der Waals surface area contributed by atoms with Crippen molar-refractivity contribution in [2.75, 3.05) is 29.0 Å². The Labute approximate surface area is 122 Å². The molecule has 0 aromatic heterocycles. The van der Waals surface area contributed by atoms with Crippen LogP contribution in [0.1, 0.15) is 5.56 Å². The summed E-state index contributed by atoms with van der Waals surface area (Å²) in [5.41, 5.74) is 9.39. The summed E-state index contributed by atoms with van der Waals surface area (Å²) < 4.78 is 12.8. The first-order valence-corrected chi connectivity index (χ1v) is 6.81. The van der Waals surface area contributed by atoms with Gasteiger partial charge < -0.3 is 16.0 Å². The predicted molar refractivity (Wildman–Crippen MR) is 81.8 cm³/mol. The highest BCUT2D eigenvalue weighted by molar-refractivity contribution is 5.95. The summed E-state index contributed by atoms with van der Waals surface area (Å²) in [5, 5.41) is 2.76. The van der Waals surface area contributed by atoms with Crippen molar-refractivity contribution in [2.45, 2.75) is 6.42 Å². The molecule has 1 heterocycles. The van der Waals surface area contributed by atoms with Gasteiger partial charge in [-0.2, -0.15) is 0 Å². The molecule has 0 spiro atoms. The van der Waals surface area contributed by atoms with Crippen LogP contribution in [0.15, 0.2) is 42.5 Å². The van der Waals surface area contributed by atoms with Crippen molar-refractivity contribution in [1.29, 1.82) is 0 Å². The second kappa shape index (κ2) is 5.44. The summed E-state index contributed by atoms with van der Waals surface area (Å²) in [6.07, 6.45) is 0.893. The van der Waals surface area contributed by atoms with Crippen molar-refractivity contribution in [3.8, 4) is 0 Å². The van der Waals surface area contributed by atoms with Crippen LogP contribution in [0, 0.1) is 5.82 Å². The van der Waals surface area contributed by atoms with Gasteiger partial charge in [-0.15, -0.1) is 0 Å². The Morgan fingerprint density at radius 1 is 1.24 bits per heavy atom. The molecule has 0 aliphatic carbocycles. The molecular formula is C16H16FN3O. The highest BCUT2D eigenvalue weighted by atomic mass is 19.1. The van der Waals surface area contributed by atoms with E-state index in [2.05, 4.69) is 5.32 Å². The molecule has 3 rings (SSSR count). The van der Waals surface area contributed by atoms with E-state index in [1.165, 1.54) is 17.7 Å². The third-order valence-corrected chi connectivity index (χ3v) is 3.58. The van der Waals surface area contributed by atoms with Gasteiger partial charge in [-0.25, -0.2) is 4.39 Å². The predicted octanol–water partition coefficient (Wildman–Crippen LogP) is 2.41. The molecule has 0 saturated carbocycles. The number of anilines is 3. The molecule has 0 fully saturated rings. The SMILES string of the molecule is Nc1cccc2c1N(CC(=O)Nc1ccc(F)cc1)CC2. The average molecular weight is 285 g/mol. The molecule has 5 heteroatoms. The van der Waals surface area contributed by atoms with Crippen LogP contribution < -0.4 is 16.0 Å². The van der Waals surface area contributed by atoms with E-state index in [4.69, 9.17) is 5.73 Å². The smallest absolute Gasteiger partial charge is 0.243 e. The number of hydrogen-bond donors (Lipinski definition) is 2. The fraction of sp³-hybridized carbons (Fsp3) is 0.188. The van der Waals surface area contributed by atoms with Crippen molar-refractivity contribution < 1.29 is 9.18 Å². The van der Waals surface area contributed by atoms with Crippen molar-refractivity contribution in [1.82, 2.24) is 0 Å². The molecule has 4 nitrogen and oxygen atoms in total. The van der Waals surface area contributed by atoms with Crippen LogP contribution in [-0.4, -0.2) is 19.0 Å². The van der Waals surface area contributed by atoms with E-state index in [0.29, 0.717) is 11.4 Å². The lowest BCUT2D eigenvalue weighted by atomic mass is 10.1. The van der Waals surface area contributed by atoms with Gasteiger partial charge in [0.05, 0.1) is 17.9 Å². The molecule has 0 atom stereocenters. The lowest BCUT2D eigenvalue weighted by Gasteiger charge is -2.20. The van der Waals surface area contributed by atoms with E-state index in [1.807, 2.05) is 23.1 Å². The van der Waals surface area contributed by atoms with E-state index in [0.717, 1.165) is 18.7 Å². The van der Waals surface area contributed by atoms with Crippen LogP contribution in [0.25, 0.3) is 0 Å². The van der Waals surface area contributed by atoms with E-state index in [-0.39, 0.29) is 18.3 Å². The largest absolute Gasteiger partial charge is 0.397 e. The first kappa shape index (κ1) is 13.4. The van der Waals surface area contributed by atoms with Gasteiger partial charge in [0, 0.05) is 12.2 Å². The molecule has 1 amide bonds. The minimum absolute atomic E-state index is 0.141. The van der Waals surface area contributed by atoms with Crippen LogP contribution in [0.4, 0.5) is 21.5 Å². The summed E-state index contributed by atoms with van der Waals surface area (Å²) in [6.45, 7) is 1.01. The molecule has 0 unspecified atom stereocenters. The number of carbonyl (C=O) groups excluding carboxylic acids is 1. The van der Waals surface area contributed by atoms with Crippen LogP contribution in [0.3, 0.4) is 0 Å². The lowest BCUT2D eigenvalue weighted by Crippen LogP contribution is -2.32. The number of nitrogen functional groups attached to an aromatic ring is 1. The molecule has 2 aromatic rings. The number of nitrogens with one attached hydrogen (secondary N) is 1. The topological polar surface area (TPSA) is 58.4 Å². The van der Waals surface area contributed by atoms with Crippen LogP contribution >= 0.6 is 0 Å². The molecule has 0 saturated heterocycles. The maximum atomic E-state index is 12.8. The maximum Gasteiger partial charge on any atom is 0.243 e. The molecular weight excluding hydrogens is 269 g/mol. The summed E-state index contributed by atoms with van der Waals surface area (Å²) >= 11 is 0. The summed E-state index contributed by atoms with van der Waals surface area (Å²) in [6, 6.07) is 11.5. The molecule has 1 aliphatic rings. The minimum Gasteiger partial charge on any atom is -0.397 e. The van der Waals surface area contributed by atoms with Gasteiger partial charge in [0.1, 0.15) is 5.82 Å². The molecule has 2 aromatic carbocycles. The minimum atomic E-state index is -0.325. The molecule has 0 radical (unpaired) electrons. The van der Waals surface area contributed by atoms with Gasteiger partial charge in [0.25, 0.3) is 0 Å². The number of carbonyl (C=O) groups is 1. The van der Waals surface area contributed by atoms with Gasteiger partial charge >= 0.3 is 0 Å². The molecule has 3 N–H and O–H groups in total. The van der Waals surface area contributed by atoms with Crippen molar-refractivity contribution in [2.24, 2.45) is 0 Å². The zero-order valence-electron chi connectivity index (χ0n) is 11.5. The normalized spacial score (nSPS) is 13.1. The third kappa shape index (κ3) is 2.81. The standard InChI is InChI=1S/C16H16FN3O/c17-12-4-6-13(7-5-12)19-15(21)10-20-9-8-11-2-1-3-14(18)16(11)20/h1-7H,8-10,18H2,(H,19,21). The van der Waals surface area contributed by atoms with E-state index in [9.17, 15) is 9.18 Å². The molecule has 0 bridgehead atoms. The number of nitrogens with two attached hydrogens (primary N) is 1. The number of para-hydroxylation sites is 1. The Morgan fingerprint density at radius 2 is 2.00 bits per heavy atom. The van der Waals surface area contributed by atoms with Gasteiger partial charge in [0.15, 0.2) is 0 Å². The van der Waals surface area contributed by atoms with Crippen molar-refractivity contribution >= 4 is 23.0 Å². The Bertz CT molecular complexity index is 670. The second-order valence-electron chi connectivity index (χ2n) is 5.08. The van der Waals surface area contributed by atoms with Crippen LogP contribution in [0.2, 0.25) is 0 Å². The average Bonchev–Trinajstić information content (AvgIpc) is 2.86. The fourth-order valence-electron chi connectivity index (χ4n) is 2.63. The quantitative estimate of drug-likeness (QED) is 0.851. The summed E-state index contributed by atoms with van der Waals surface area (Å²) in [5.74, 6) is -0.466.